The van der Waals surface area contributed by atoms with Crippen molar-refractivity contribution in [1.82, 2.24) is 0 Å². The highest BCUT2D eigenvalue weighted by molar-refractivity contribution is 8.15. The van der Waals surface area contributed by atoms with Crippen LogP contribution < -0.4 is 54.8 Å². The van der Waals surface area contributed by atoms with Gasteiger partial charge in [0.25, 0.3) is 68.0 Å². The molecule has 0 atom stereocenters. The molecule has 14 N–H and O–H groups in total. The lowest BCUT2D eigenvalue weighted by Crippen LogP contribution is -2.09. The van der Waals surface area contributed by atoms with Gasteiger partial charge < -0.3 is 54.8 Å². The fourth-order valence-electron chi connectivity index (χ4n) is 9.77. The second-order valence-electron chi connectivity index (χ2n) is 27.6. The Morgan fingerprint density at radius 1 is 0.216 bits per heavy atom. The van der Waals surface area contributed by atoms with Crippen molar-refractivity contribution in [3.63, 3.8) is 0 Å². The first-order chi connectivity index (χ1) is 67.0. The molecule has 9 rings (SSSR count). The lowest BCUT2D eigenvalue weighted by atomic mass is 10.2. The van der Waals surface area contributed by atoms with E-state index in [1.807, 2.05) is 0 Å². The fourth-order valence-corrected chi connectivity index (χ4v) is 16.2. The van der Waals surface area contributed by atoms with E-state index in [-0.39, 0.29) is 59.8 Å². The monoisotopic (exact) mass is 2360 g/mol. The first kappa shape index (κ1) is 130. The van der Waals surface area contributed by atoms with E-state index >= 15 is 0 Å². The molecule has 0 saturated heterocycles. The second-order valence-corrected chi connectivity index (χ2v) is 48.4. The summed E-state index contributed by atoms with van der Waals surface area (Å²) in [6.45, 7) is 7.48. The number of hydrogen-bond donors (Lipinski definition) is 10. The highest BCUT2D eigenvalue weighted by Gasteiger charge is 2.33. The quantitative estimate of drug-likeness (QED) is 0.0110. The molecule has 0 bridgehead atoms. The Morgan fingerprint density at radius 2 is 0.372 bits per heavy atom. The number of nitrogens with two attached hydrogens (primary N) is 4. The third-order valence-electron chi connectivity index (χ3n) is 16.0. The van der Waals surface area contributed by atoms with Crippen molar-refractivity contribution in [2.45, 2.75) is 85.6 Å². The molecule has 0 aliphatic heterocycles. The molecule has 9 aromatic carbocycles. The molecule has 0 fully saturated rings. The standard InChI is InChI=1S/2C9H10N2O5S.C9H12N2O3S.2C8H7ClN2O5S.C8H8ClNO3S.C7H7N3O6S.2C6H4ClN3O6S/c2*1-6(12)10-8-4-3-7(17(2,15)16)5-9(8)11(13)14;1-6(12)11-9-4-3-7(5-8(9)10)15(2,13)14;2*1-5(12)10-7-3-2-6(17(9,15)16)4-8(7)11(13)14;1-6(11)10-7-2-4-8(5-3-7)14(9,12)13;1-17(15,16)4-2-5(9(11)12)7(8)6(3-4)10(13)14;2*7-17(15,16)3-1-4(9(11)12)6(8)5(2-3)10(13)14/h2*3-5H,1-2H3,(H,10,12);3-5H,10H2,1-2H3,(H,11,12);2*2-4H,1H3,(H,10,12);2-5H,1H3,(H,10,11);2-3H,8H2,1H3;2*1-2H,8H2. The summed E-state index contributed by atoms with van der Waals surface area (Å²) in [6, 6.07) is 25.9. The minimum absolute atomic E-state index is 0.00766. The topological polar surface area (TPSA) is 1020 Å². The van der Waals surface area contributed by atoms with Crippen molar-refractivity contribution < 1.29 is 154 Å². The van der Waals surface area contributed by atoms with E-state index in [1.54, 1.807) is 0 Å². The summed E-state index contributed by atoms with van der Waals surface area (Å²) < 4.78 is 199. The first-order valence-electron chi connectivity index (χ1n) is 37.0. The zero-order valence-corrected chi connectivity index (χ0v) is 86.4. The number of carbonyl (C=O) groups excluding carboxylic acids is 6. The van der Waals surface area contributed by atoms with Crippen molar-refractivity contribution in [1.29, 1.82) is 0 Å². The molecule has 78 heteroatoms. The zero-order valence-electron chi connectivity index (χ0n) is 75.2. The number of benzene rings is 9. The first-order valence-corrected chi connectivity index (χ1v) is 56.1. The molecule has 0 unspecified atom stereocenters. The van der Waals surface area contributed by atoms with Gasteiger partial charge in [0, 0.05) is 186 Å². The number of sulfone groups is 4. The SMILES string of the molecule is CC(=O)Nc1ccc(S(=O)(=O)Cl)cc1.CC(=O)Nc1ccc(S(=O)(=O)Cl)cc1[N+](=O)[O-].CC(=O)Nc1ccc(S(=O)(=O)Cl)cc1[N+](=O)[O-].CC(=O)Nc1ccc(S(C)(=O)=O)cc1N.CC(=O)Nc1ccc(S(C)(=O)=O)cc1[N+](=O)[O-].CC(=O)Nc1ccc(S(C)(=O)=O)cc1[N+](=O)[O-].CS(=O)(=O)c1cc([N+](=O)[O-])c(N)c([N+](=O)[O-])c1.Nc1c([N+](=O)[O-])cc(S(=O)(=O)Cl)cc1[N+](=O)[O-].Nc1c([N+](=O)[O-])cc(S(=O)(=O)Cl)cc1[N+](=O)[O-]. The number of carbonyl (C=O) groups is 6. The van der Waals surface area contributed by atoms with Crippen LogP contribution >= 0.6 is 53.4 Å². The lowest BCUT2D eigenvalue weighted by Gasteiger charge is -2.07. The molecule has 148 heavy (non-hydrogen) atoms. The van der Waals surface area contributed by atoms with Crippen molar-refractivity contribution >= 4 is 287 Å². The zero-order chi connectivity index (χ0) is 115. The van der Waals surface area contributed by atoms with Gasteiger partial charge in [-0.2, -0.15) is 0 Å². The van der Waals surface area contributed by atoms with E-state index in [0.29, 0.717) is 47.8 Å². The van der Waals surface area contributed by atoms with Gasteiger partial charge in [-0.1, -0.05) is 0 Å². The molecule has 0 saturated carbocycles. The summed E-state index contributed by atoms with van der Waals surface area (Å²) in [6.07, 6.45) is 3.78. The Morgan fingerprint density at radius 3 is 0.547 bits per heavy atom. The number of anilines is 10. The Bertz CT molecular complexity index is 7260. The van der Waals surface area contributed by atoms with E-state index in [1.165, 1.54) is 108 Å². The minimum atomic E-state index is -4.32. The average molecular weight is 2360 g/mol. The van der Waals surface area contributed by atoms with Gasteiger partial charge in [0.15, 0.2) is 56.4 Å². The Hall–Kier alpha value is -16.0. The number of hydrogen-bond acceptors (Lipinski definition) is 48. The molecule has 6 amide bonds. The molecule has 9 aromatic rings. The van der Waals surface area contributed by atoms with Gasteiger partial charge in [0.2, 0.25) is 35.4 Å². The smallest absolute Gasteiger partial charge is 0.300 e. The number of nitrogens with one attached hydrogen (secondary N) is 6. The number of nitrogen functional groups attached to an aromatic ring is 4. The van der Waals surface area contributed by atoms with Crippen LogP contribution in [0.15, 0.2) is 196 Å². The highest BCUT2D eigenvalue weighted by Crippen LogP contribution is 2.40. The van der Waals surface area contributed by atoms with E-state index in [9.17, 15) is 206 Å². The number of nitrogens with zero attached hydrogens (tertiary/aromatic N) is 10. The van der Waals surface area contributed by atoms with Gasteiger partial charge >= 0.3 is 34.1 Å². The summed E-state index contributed by atoms with van der Waals surface area (Å²) in [7, 11) is -9.42. The van der Waals surface area contributed by atoms with Gasteiger partial charge in [-0.15, -0.1) is 0 Å². The number of rotatable bonds is 25. The molecule has 0 heterocycles. The molecule has 0 aliphatic rings. The molecule has 0 radical (unpaired) electrons. The van der Waals surface area contributed by atoms with Gasteiger partial charge in [0.05, 0.1) is 105 Å². The van der Waals surface area contributed by atoms with E-state index < -0.39 is 256 Å². The van der Waals surface area contributed by atoms with E-state index in [4.69, 9.17) is 76.3 Å². The highest BCUT2D eigenvalue weighted by atomic mass is 35.7. The number of halogens is 5. The number of amides is 6. The minimum Gasteiger partial charge on any atom is -0.397 e. The van der Waals surface area contributed by atoms with Crippen LogP contribution in [-0.4, -0.2) is 185 Å². The van der Waals surface area contributed by atoms with Gasteiger partial charge in [-0.05, 0) is 91.0 Å². The largest absolute Gasteiger partial charge is 0.397 e. The molecular formula is C70H69Cl5N20O44S9. The van der Waals surface area contributed by atoms with E-state index in [0.717, 1.165) is 73.6 Å². The summed E-state index contributed by atoms with van der Waals surface area (Å²) >= 11 is 0. The van der Waals surface area contributed by atoms with Crippen LogP contribution in [-0.2, 0) is 113 Å². The second kappa shape index (κ2) is 53.2. The summed E-state index contributed by atoms with van der Waals surface area (Å²) in [5.41, 5.74) is 12.8. The lowest BCUT2D eigenvalue weighted by molar-refractivity contribution is -0.392. The van der Waals surface area contributed by atoms with Gasteiger partial charge in [-0.3, -0.25) is 130 Å². The summed E-state index contributed by atoms with van der Waals surface area (Å²) in [4.78, 5) is 159. The normalized spacial score (nSPS) is 11.0. The molecule has 802 valence electrons. The maximum atomic E-state index is 11.2. The van der Waals surface area contributed by atoms with Gasteiger partial charge in [0.1, 0.15) is 22.7 Å². The van der Waals surface area contributed by atoms with Crippen LogP contribution in [0, 0.1) is 101 Å². The van der Waals surface area contributed by atoms with Crippen LogP contribution in [0.1, 0.15) is 41.5 Å². The summed E-state index contributed by atoms with van der Waals surface area (Å²) in [5, 5.41) is 120. The number of nitro groups is 10. The van der Waals surface area contributed by atoms with Crippen LogP contribution in [0.3, 0.4) is 0 Å². The maximum absolute atomic E-state index is 11.2. The Labute approximate surface area is 853 Å². The maximum Gasteiger partial charge on any atom is 0.300 e. The predicted molar refractivity (Wildman–Crippen MR) is 526 cm³/mol. The predicted octanol–water partition coefficient (Wildman–Crippen LogP) is 9.59. The summed E-state index contributed by atoms with van der Waals surface area (Å²) in [5.74, 6) is -2.43. The molecule has 0 aliphatic carbocycles. The van der Waals surface area contributed by atoms with E-state index in [2.05, 4.69) is 31.9 Å². The van der Waals surface area contributed by atoms with Crippen molar-refractivity contribution in [3.05, 3.63) is 253 Å². The third-order valence-corrected chi connectivity index (χ3v) is 27.2. The Balaban J connectivity index is 0.000000833. The van der Waals surface area contributed by atoms with Crippen molar-refractivity contribution in [2.24, 2.45) is 0 Å². The average Bonchev–Trinajstić information content (AvgIpc) is 0.785. The number of nitro benzene ring substituents is 10. The van der Waals surface area contributed by atoms with Gasteiger partial charge in [-0.25, -0.2) is 75.8 Å². The molecule has 0 spiro atoms. The molecule has 64 nitrogen and oxygen atoms in total. The third kappa shape index (κ3) is 42.7. The fraction of sp³-hybridized carbons (Fsp3) is 0.143. The van der Waals surface area contributed by atoms with Crippen LogP contribution in [0.25, 0.3) is 0 Å². The molecular weight excluding hydrogens is 2290 g/mol. The van der Waals surface area contributed by atoms with Crippen LogP contribution in [0.2, 0.25) is 0 Å². The Kier molecular flexibility index (Phi) is 46.7. The van der Waals surface area contributed by atoms with Crippen LogP contribution in [0.4, 0.5) is 114 Å². The van der Waals surface area contributed by atoms with Crippen molar-refractivity contribution in [2.75, 3.05) is 79.9 Å². The van der Waals surface area contributed by atoms with Crippen molar-refractivity contribution in [3.8, 4) is 0 Å². The van der Waals surface area contributed by atoms with Crippen LogP contribution in [0.5, 0.6) is 0 Å². The molecule has 0 aromatic heterocycles.